The molecule has 1 aromatic carbocycles. The second kappa shape index (κ2) is 4.05. The largest absolute Gasteiger partial charge is 0.469 e. The van der Waals surface area contributed by atoms with Crippen LogP contribution in [0.5, 0.6) is 0 Å². The summed E-state index contributed by atoms with van der Waals surface area (Å²) < 4.78 is 16.3. The molecular weight excluding hydrogens is 272 g/mol. The molecule has 0 atom stereocenters. The highest BCUT2D eigenvalue weighted by atomic mass is 16.4. The van der Waals surface area contributed by atoms with Crippen molar-refractivity contribution in [3.63, 3.8) is 0 Å². The van der Waals surface area contributed by atoms with E-state index >= 15 is 0 Å². The monoisotopic (exact) mass is 282 g/mol. The highest BCUT2D eigenvalue weighted by Crippen LogP contribution is 2.27. The van der Waals surface area contributed by atoms with E-state index in [1.807, 2.05) is 0 Å². The van der Waals surface area contributed by atoms with E-state index in [4.69, 9.17) is 13.3 Å². The topological polar surface area (TPSA) is 82.3 Å². The number of hydrogen-bond donors (Lipinski definition) is 0. The van der Waals surface area contributed by atoms with E-state index in [0.717, 1.165) is 0 Å². The first-order valence-corrected chi connectivity index (χ1v) is 6.38. The van der Waals surface area contributed by atoms with Gasteiger partial charge in [-0.1, -0.05) is 0 Å². The molecule has 3 aromatic heterocycles. The molecule has 0 N–H and O–H groups in total. The number of rotatable bonds is 1. The molecule has 21 heavy (non-hydrogen) atoms. The molecule has 104 valence electrons. The zero-order chi connectivity index (χ0) is 14.6. The molecule has 0 fully saturated rings. The first-order chi connectivity index (χ1) is 10.1. The molecule has 0 aliphatic rings. The third-order valence-corrected chi connectivity index (χ3v) is 3.20. The maximum Gasteiger partial charge on any atom is 0.234 e. The lowest BCUT2D eigenvalue weighted by atomic mass is 10.2. The summed E-state index contributed by atoms with van der Waals surface area (Å²) in [4.78, 5) is 20.5. The maximum absolute atomic E-state index is 12.0. The van der Waals surface area contributed by atoms with Crippen LogP contribution in [0.15, 0.2) is 42.5 Å². The molecule has 0 bridgehead atoms. The van der Waals surface area contributed by atoms with Crippen LogP contribution >= 0.6 is 0 Å². The van der Waals surface area contributed by atoms with Gasteiger partial charge in [-0.3, -0.25) is 4.79 Å². The first-order valence-electron chi connectivity index (χ1n) is 6.38. The van der Waals surface area contributed by atoms with Gasteiger partial charge in [0, 0.05) is 19.1 Å². The van der Waals surface area contributed by atoms with Gasteiger partial charge in [0.05, 0.1) is 0 Å². The second-order valence-electron chi connectivity index (χ2n) is 4.81. The number of aryl methyl sites for hydroxylation is 2. The summed E-state index contributed by atoms with van der Waals surface area (Å²) in [6.07, 6.45) is 1.36. The van der Waals surface area contributed by atoms with Crippen molar-refractivity contribution >= 4 is 22.2 Å². The molecule has 6 heteroatoms. The van der Waals surface area contributed by atoms with Crippen LogP contribution in [0.2, 0.25) is 0 Å². The molecule has 0 spiro atoms. The molecule has 0 aliphatic heterocycles. The normalized spacial score (nSPS) is 11.5. The third-order valence-electron chi connectivity index (χ3n) is 3.20. The Hall–Kier alpha value is -2.89. The summed E-state index contributed by atoms with van der Waals surface area (Å²) in [6, 6.07) is 4.89. The van der Waals surface area contributed by atoms with Crippen LogP contribution < -0.4 is 5.43 Å². The summed E-state index contributed by atoms with van der Waals surface area (Å²) in [5.74, 6) is 1.34. The van der Waals surface area contributed by atoms with Gasteiger partial charge in [0.2, 0.25) is 5.89 Å². The van der Waals surface area contributed by atoms with Crippen molar-refractivity contribution in [3.05, 3.63) is 46.3 Å². The lowest BCUT2D eigenvalue weighted by molar-refractivity contribution is 0.512. The van der Waals surface area contributed by atoms with Crippen LogP contribution in [-0.2, 0) is 0 Å². The summed E-state index contributed by atoms with van der Waals surface area (Å²) in [7, 11) is 0. The first kappa shape index (κ1) is 11.9. The van der Waals surface area contributed by atoms with Crippen LogP contribution in [0.3, 0.4) is 0 Å². The lowest BCUT2D eigenvalue weighted by Gasteiger charge is -1.94. The lowest BCUT2D eigenvalue weighted by Crippen LogP contribution is -2.02. The fraction of sp³-hybridized carbons (Fsp3) is 0.133. The minimum absolute atomic E-state index is 0.192. The summed E-state index contributed by atoms with van der Waals surface area (Å²) in [5, 5.41) is 0. The van der Waals surface area contributed by atoms with Gasteiger partial charge >= 0.3 is 0 Å². The molecule has 0 saturated carbocycles. The highest BCUT2D eigenvalue weighted by Gasteiger charge is 2.14. The predicted molar refractivity (Wildman–Crippen MR) is 75.0 cm³/mol. The van der Waals surface area contributed by atoms with Crippen molar-refractivity contribution in [2.45, 2.75) is 13.8 Å². The second-order valence-corrected chi connectivity index (χ2v) is 4.81. The zero-order valence-corrected chi connectivity index (χ0v) is 11.3. The number of nitrogens with zero attached hydrogens (tertiary/aromatic N) is 2. The van der Waals surface area contributed by atoms with Crippen molar-refractivity contribution < 1.29 is 13.3 Å². The van der Waals surface area contributed by atoms with Crippen LogP contribution in [0.4, 0.5) is 0 Å². The number of oxazole rings is 2. The molecule has 6 nitrogen and oxygen atoms in total. The number of aromatic nitrogens is 2. The Morgan fingerprint density at radius 1 is 0.952 bits per heavy atom. The summed E-state index contributed by atoms with van der Waals surface area (Å²) in [5.41, 5.74) is 2.58. The SMILES string of the molecule is Cc1cc(=O)c(-c2nc3cc4nc(C)oc4cc3o2)co1. The Kier molecular flexibility index (Phi) is 2.29. The van der Waals surface area contributed by atoms with E-state index in [9.17, 15) is 4.79 Å². The highest BCUT2D eigenvalue weighted by molar-refractivity contribution is 5.90. The minimum Gasteiger partial charge on any atom is -0.469 e. The number of hydrogen-bond acceptors (Lipinski definition) is 6. The van der Waals surface area contributed by atoms with Crippen molar-refractivity contribution in [1.29, 1.82) is 0 Å². The fourth-order valence-electron chi connectivity index (χ4n) is 2.24. The standard InChI is InChI=1S/C15H10N2O4/c1-7-3-12(18)9(6-19-7)15-17-11-4-10-13(5-14(11)21-15)20-8(2)16-10/h3-6H,1-2H3. The Balaban J connectivity index is 1.96. The average molecular weight is 282 g/mol. The van der Waals surface area contributed by atoms with Gasteiger partial charge in [-0.25, -0.2) is 9.97 Å². The average Bonchev–Trinajstić information content (AvgIpc) is 2.96. The van der Waals surface area contributed by atoms with Crippen LogP contribution in [0, 0.1) is 13.8 Å². The van der Waals surface area contributed by atoms with Crippen molar-refractivity contribution in [3.8, 4) is 11.5 Å². The Labute approximate surface area is 118 Å². The Morgan fingerprint density at radius 2 is 1.71 bits per heavy atom. The van der Waals surface area contributed by atoms with Gasteiger partial charge in [-0.15, -0.1) is 0 Å². The Morgan fingerprint density at radius 3 is 2.52 bits per heavy atom. The quantitative estimate of drug-likeness (QED) is 0.533. The Bertz CT molecular complexity index is 988. The van der Waals surface area contributed by atoms with E-state index < -0.39 is 0 Å². The van der Waals surface area contributed by atoms with Gasteiger partial charge in [0.25, 0.3) is 0 Å². The van der Waals surface area contributed by atoms with Gasteiger partial charge in [-0.05, 0) is 13.0 Å². The van der Waals surface area contributed by atoms with Crippen molar-refractivity contribution in [2.75, 3.05) is 0 Å². The zero-order valence-electron chi connectivity index (χ0n) is 11.3. The van der Waals surface area contributed by atoms with Gasteiger partial charge in [0.1, 0.15) is 28.6 Å². The summed E-state index contributed by atoms with van der Waals surface area (Å²) >= 11 is 0. The molecule has 0 amide bonds. The predicted octanol–water partition coefficient (Wildman–Crippen LogP) is 3.21. The van der Waals surface area contributed by atoms with Crippen LogP contribution in [0.25, 0.3) is 33.7 Å². The van der Waals surface area contributed by atoms with Gasteiger partial charge in [-0.2, -0.15) is 0 Å². The number of fused-ring (bicyclic) bond motifs is 2. The molecular formula is C15H10N2O4. The van der Waals surface area contributed by atoms with E-state index in [1.54, 1.807) is 26.0 Å². The molecule has 4 aromatic rings. The molecule has 3 heterocycles. The molecule has 0 radical (unpaired) electrons. The fourth-order valence-corrected chi connectivity index (χ4v) is 2.24. The van der Waals surface area contributed by atoms with Crippen LogP contribution in [-0.4, -0.2) is 9.97 Å². The van der Waals surface area contributed by atoms with Gasteiger partial charge < -0.3 is 13.3 Å². The van der Waals surface area contributed by atoms with E-state index in [2.05, 4.69) is 9.97 Å². The smallest absolute Gasteiger partial charge is 0.234 e. The molecule has 0 aliphatic carbocycles. The third kappa shape index (κ3) is 1.84. The van der Waals surface area contributed by atoms with E-state index in [-0.39, 0.29) is 16.9 Å². The van der Waals surface area contributed by atoms with Gasteiger partial charge in [0.15, 0.2) is 22.5 Å². The number of benzene rings is 1. The molecule has 4 rings (SSSR count). The van der Waals surface area contributed by atoms with Crippen molar-refractivity contribution in [2.24, 2.45) is 0 Å². The van der Waals surface area contributed by atoms with Crippen molar-refractivity contribution in [1.82, 2.24) is 9.97 Å². The summed E-state index contributed by atoms with van der Waals surface area (Å²) in [6.45, 7) is 3.48. The molecule has 0 saturated heterocycles. The van der Waals surface area contributed by atoms with E-state index in [0.29, 0.717) is 33.9 Å². The maximum atomic E-state index is 12.0. The minimum atomic E-state index is -0.192. The molecule has 0 unspecified atom stereocenters. The van der Waals surface area contributed by atoms with E-state index in [1.165, 1.54) is 12.3 Å². The van der Waals surface area contributed by atoms with Crippen LogP contribution in [0.1, 0.15) is 11.7 Å².